The van der Waals surface area contributed by atoms with Gasteiger partial charge >= 0.3 is 0 Å². The predicted octanol–water partition coefficient (Wildman–Crippen LogP) is 2.05. The van der Waals surface area contributed by atoms with E-state index in [1.165, 1.54) is 0 Å². The molecule has 0 N–H and O–H groups in total. The predicted molar refractivity (Wildman–Crippen MR) is 72.2 cm³/mol. The SMILES string of the molecule is CCCOCCn1nc(COC)c2nc(Cl)ncc21. The van der Waals surface area contributed by atoms with Gasteiger partial charge in [-0.25, -0.2) is 9.97 Å². The molecule has 6 nitrogen and oxygen atoms in total. The summed E-state index contributed by atoms with van der Waals surface area (Å²) in [5.41, 5.74) is 2.34. The lowest BCUT2D eigenvalue weighted by molar-refractivity contribution is 0.124. The third-order valence-electron chi connectivity index (χ3n) is 2.61. The van der Waals surface area contributed by atoms with E-state index in [4.69, 9.17) is 21.1 Å². The minimum atomic E-state index is 0.214. The summed E-state index contributed by atoms with van der Waals surface area (Å²) in [5, 5.41) is 4.68. The van der Waals surface area contributed by atoms with Crippen LogP contribution >= 0.6 is 11.6 Å². The number of rotatable bonds is 7. The Morgan fingerprint density at radius 3 is 2.95 bits per heavy atom. The zero-order valence-corrected chi connectivity index (χ0v) is 11.9. The van der Waals surface area contributed by atoms with Gasteiger partial charge in [-0.05, 0) is 18.0 Å². The van der Waals surface area contributed by atoms with Gasteiger partial charge in [-0.3, -0.25) is 4.68 Å². The molecule has 0 radical (unpaired) electrons. The van der Waals surface area contributed by atoms with Crippen LogP contribution < -0.4 is 0 Å². The fourth-order valence-electron chi connectivity index (χ4n) is 1.80. The maximum Gasteiger partial charge on any atom is 0.223 e. The first kappa shape index (κ1) is 14.2. The second-order valence-electron chi connectivity index (χ2n) is 4.09. The van der Waals surface area contributed by atoms with Crippen LogP contribution in [-0.4, -0.2) is 40.1 Å². The van der Waals surface area contributed by atoms with Crippen molar-refractivity contribution in [1.82, 2.24) is 19.7 Å². The number of ether oxygens (including phenoxy) is 2. The molecule has 0 unspecified atom stereocenters. The molecular formula is C12H17ClN4O2. The van der Waals surface area contributed by atoms with E-state index in [0.29, 0.717) is 19.8 Å². The fourth-order valence-corrected chi connectivity index (χ4v) is 1.94. The highest BCUT2D eigenvalue weighted by Crippen LogP contribution is 2.18. The van der Waals surface area contributed by atoms with Crippen LogP contribution in [0.2, 0.25) is 5.28 Å². The molecule has 7 heteroatoms. The zero-order chi connectivity index (χ0) is 13.7. The number of methoxy groups -OCH3 is 1. The zero-order valence-electron chi connectivity index (χ0n) is 11.1. The molecule has 2 aromatic heterocycles. The van der Waals surface area contributed by atoms with Crippen LogP contribution in [0.15, 0.2) is 6.20 Å². The van der Waals surface area contributed by atoms with E-state index < -0.39 is 0 Å². The Hall–Kier alpha value is -1.24. The molecular weight excluding hydrogens is 268 g/mol. The number of hydrogen-bond acceptors (Lipinski definition) is 5. The molecule has 2 rings (SSSR count). The van der Waals surface area contributed by atoms with Crippen molar-refractivity contribution in [2.75, 3.05) is 20.3 Å². The van der Waals surface area contributed by atoms with Crippen molar-refractivity contribution in [2.45, 2.75) is 26.5 Å². The Morgan fingerprint density at radius 2 is 2.21 bits per heavy atom. The maximum absolute atomic E-state index is 5.82. The second kappa shape index (κ2) is 6.79. The third-order valence-corrected chi connectivity index (χ3v) is 2.79. The Kier molecular flexibility index (Phi) is 5.07. The van der Waals surface area contributed by atoms with Crippen molar-refractivity contribution in [2.24, 2.45) is 0 Å². The fraction of sp³-hybridized carbons (Fsp3) is 0.583. The van der Waals surface area contributed by atoms with E-state index in [1.54, 1.807) is 13.3 Å². The molecule has 2 aromatic rings. The van der Waals surface area contributed by atoms with Gasteiger partial charge in [0.15, 0.2) is 0 Å². The summed E-state index contributed by atoms with van der Waals surface area (Å²) < 4.78 is 12.4. The topological polar surface area (TPSA) is 62.1 Å². The van der Waals surface area contributed by atoms with Gasteiger partial charge in [0.25, 0.3) is 0 Å². The molecule has 2 heterocycles. The Morgan fingerprint density at radius 1 is 1.37 bits per heavy atom. The van der Waals surface area contributed by atoms with Gasteiger partial charge in [0.2, 0.25) is 5.28 Å². The van der Waals surface area contributed by atoms with Gasteiger partial charge in [-0.15, -0.1) is 0 Å². The van der Waals surface area contributed by atoms with Gasteiger partial charge in [-0.1, -0.05) is 6.92 Å². The van der Waals surface area contributed by atoms with E-state index in [-0.39, 0.29) is 5.28 Å². The highest BCUT2D eigenvalue weighted by Gasteiger charge is 2.12. The number of fused-ring (bicyclic) bond motifs is 1. The van der Waals surface area contributed by atoms with Gasteiger partial charge in [-0.2, -0.15) is 5.10 Å². The van der Waals surface area contributed by atoms with Crippen molar-refractivity contribution in [3.8, 4) is 0 Å². The van der Waals surface area contributed by atoms with Crippen molar-refractivity contribution >= 4 is 22.6 Å². The largest absolute Gasteiger partial charge is 0.380 e. The summed E-state index contributed by atoms with van der Waals surface area (Å²) >= 11 is 5.82. The Bertz CT molecular complexity index is 544. The number of aromatic nitrogens is 4. The van der Waals surface area contributed by atoms with Gasteiger partial charge in [0, 0.05) is 13.7 Å². The van der Waals surface area contributed by atoms with Crippen LogP contribution in [0.1, 0.15) is 19.0 Å². The quantitative estimate of drug-likeness (QED) is 0.575. The summed E-state index contributed by atoms with van der Waals surface area (Å²) in [6.45, 7) is 4.50. The molecule has 0 fully saturated rings. The van der Waals surface area contributed by atoms with Crippen LogP contribution in [0.5, 0.6) is 0 Å². The molecule has 0 spiro atoms. The van der Waals surface area contributed by atoms with Crippen LogP contribution in [0.4, 0.5) is 0 Å². The lowest BCUT2D eigenvalue weighted by Crippen LogP contribution is -2.08. The first-order valence-corrected chi connectivity index (χ1v) is 6.58. The normalized spacial score (nSPS) is 11.3. The summed E-state index contributed by atoms with van der Waals surface area (Å²) in [4.78, 5) is 8.21. The first-order valence-electron chi connectivity index (χ1n) is 6.21. The van der Waals surface area contributed by atoms with Crippen molar-refractivity contribution in [3.05, 3.63) is 17.2 Å². The van der Waals surface area contributed by atoms with Crippen molar-refractivity contribution in [3.63, 3.8) is 0 Å². The highest BCUT2D eigenvalue weighted by atomic mass is 35.5. The molecule has 0 aliphatic heterocycles. The molecule has 0 aromatic carbocycles. The monoisotopic (exact) mass is 284 g/mol. The smallest absolute Gasteiger partial charge is 0.223 e. The lowest BCUT2D eigenvalue weighted by Gasteiger charge is -2.03. The minimum Gasteiger partial charge on any atom is -0.380 e. The van der Waals surface area contributed by atoms with Crippen LogP contribution in [0.25, 0.3) is 11.0 Å². The van der Waals surface area contributed by atoms with E-state index in [2.05, 4.69) is 22.0 Å². The maximum atomic E-state index is 5.82. The summed E-state index contributed by atoms with van der Waals surface area (Å²) in [7, 11) is 1.62. The minimum absolute atomic E-state index is 0.214. The average molecular weight is 285 g/mol. The van der Waals surface area contributed by atoms with Gasteiger partial charge < -0.3 is 9.47 Å². The van der Waals surface area contributed by atoms with Gasteiger partial charge in [0.05, 0.1) is 26.0 Å². The molecule has 0 saturated heterocycles. The average Bonchev–Trinajstić information content (AvgIpc) is 2.73. The molecule has 19 heavy (non-hydrogen) atoms. The van der Waals surface area contributed by atoms with E-state index in [0.717, 1.165) is 29.8 Å². The van der Waals surface area contributed by atoms with E-state index in [1.807, 2.05) is 4.68 Å². The molecule has 0 amide bonds. The standard InChI is InChI=1S/C12H17ClN4O2/c1-3-5-19-6-4-17-10-7-14-12(13)15-11(10)9(16-17)8-18-2/h7H,3-6,8H2,1-2H3. The van der Waals surface area contributed by atoms with Crippen LogP contribution in [0.3, 0.4) is 0 Å². The highest BCUT2D eigenvalue weighted by molar-refractivity contribution is 6.28. The van der Waals surface area contributed by atoms with E-state index >= 15 is 0 Å². The number of nitrogens with zero attached hydrogens (tertiary/aromatic N) is 4. The number of hydrogen-bond donors (Lipinski definition) is 0. The summed E-state index contributed by atoms with van der Waals surface area (Å²) in [5.74, 6) is 0. The molecule has 0 bridgehead atoms. The Labute approximate surface area is 116 Å². The molecule has 0 aliphatic rings. The molecule has 104 valence electrons. The molecule has 0 aliphatic carbocycles. The Balaban J connectivity index is 2.23. The summed E-state index contributed by atoms with van der Waals surface area (Å²) in [6.07, 6.45) is 2.68. The van der Waals surface area contributed by atoms with E-state index in [9.17, 15) is 0 Å². The second-order valence-corrected chi connectivity index (χ2v) is 4.43. The third kappa shape index (κ3) is 3.40. The lowest BCUT2D eigenvalue weighted by atomic mass is 10.3. The van der Waals surface area contributed by atoms with Gasteiger partial charge in [0.1, 0.15) is 16.7 Å². The summed E-state index contributed by atoms with van der Waals surface area (Å²) in [6, 6.07) is 0. The van der Waals surface area contributed by atoms with Crippen molar-refractivity contribution in [1.29, 1.82) is 0 Å². The van der Waals surface area contributed by atoms with Crippen molar-refractivity contribution < 1.29 is 9.47 Å². The molecule has 0 saturated carbocycles. The van der Waals surface area contributed by atoms with Crippen LogP contribution in [-0.2, 0) is 22.6 Å². The van der Waals surface area contributed by atoms with Crippen LogP contribution in [0, 0.1) is 0 Å². The number of halogens is 1. The first-order chi connectivity index (χ1) is 9.26. The molecule has 0 atom stereocenters.